The Balaban J connectivity index is 1.31. The van der Waals surface area contributed by atoms with Crippen molar-refractivity contribution in [3.05, 3.63) is 45.3 Å². The Kier molecular flexibility index (Phi) is 7.65. The van der Waals surface area contributed by atoms with Crippen LogP contribution in [0.25, 0.3) is 21.8 Å². The first-order chi connectivity index (χ1) is 17.2. The Morgan fingerprint density at radius 2 is 1.14 bits per heavy atom. The van der Waals surface area contributed by atoms with Gasteiger partial charge in [0.05, 0.1) is 11.0 Å². The predicted octanol–water partition coefficient (Wildman–Crippen LogP) is 7.09. The van der Waals surface area contributed by atoms with Crippen molar-refractivity contribution >= 4 is 76.9 Å². The van der Waals surface area contributed by atoms with Crippen LogP contribution in [0.2, 0.25) is 0 Å². The lowest BCUT2D eigenvalue weighted by Crippen LogP contribution is -1.95. The molecule has 0 fully saturated rings. The molecule has 36 heavy (non-hydrogen) atoms. The van der Waals surface area contributed by atoms with E-state index in [4.69, 9.17) is 0 Å². The van der Waals surface area contributed by atoms with Gasteiger partial charge < -0.3 is 19.3 Å². The van der Waals surface area contributed by atoms with E-state index in [1.54, 1.807) is 35.4 Å². The monoisotopic (exact) mass is 616 g/mol. The zero-order valence-electron chi connectivity index (χ0n) is 19.4. The second-order valence-corrected chi connectivity index (χ2v) is 10.0. The van der Waals surface area contributed by atoms with Crippen LogP contribution in [-0.2, 0) is 23.7 Å². The summed E-state index contributed by atoms with van der Waals surface area (Å²) in [4.78, 5) is 24.3. The highest BCUT2D eigenvalue weighted by Crippen LogP contribution is 2.40. The van der Waals surface area contributed by atoms with Crippen LogP contribution in [0.5, 0.6) is 11.8 Å². The molecule has 2 heterocycles. The zero-order chi connectivity index (χ0) is 26.0. The average molecular weight is 618 g/mol. The Hall–Kier alpha value is -3.38. The number of fused-ring (bicyclic) bond motifs is 2. The average Bonchev–Trinajstić information content (AvgIpc) is 3.22. The summed E-state index contributed by atoms with van der Waals surface area (Å²) >= 11 is 6.78. The number of nitrogens with zero attached hydrogens (tertiary/aromatic N) is 6. The number of carbonyl (C=O) groups excluding carboxylic acids is 2. The largest absolute Gasteiger partial charge is 0.493 e. The van der Waals surface area contributed by atoms with Crippen molar-refractivity contribution < 1.29 is 19.8 Å². The summed E-state index contributed by atoms with van der Waals surface area (Å²) < 4.78 is 4.76. The molecule has 0 atom stereocenters. The first kappa shape index (κ1) is 25.7. The maximum Gasteiger partial charge on any atom is 0.264 e. The van der Waals surface area contributed by atoms with E-state index in [2.05, 4.69) is 52.3 Å². The lowest BCUT2D eigenvalue weighted by Gasteiger charge is -1.96. The van der Waals surface area contributed by atoms with Gasteiger partial charge in [-0.3, -0.25) is 9.59 Å². The number of aryl methyl sites for hydroxylation is 2. The second-order valence-electron chi connectivity index (χ2n) is 8.18. The van der Waals surface area contributed by atoms with Gasteiger partial charge in [-0.1, -0.05) is 31.9 Å². The molecule has 186 valence electrons. The maximum absolute atomic E-state index is 12.2. The van der Waals surface area contributed by atoms with E-state index in [-0.39, 0.29) is 36.0 Å². The van der Waals surface area contributed by atoms with Gasteiger partial charge in [0.2, 0.25) is 11.8 Å². The molecule has 2 N–H and O–H groups in total. The van der Waals surface area contributed by atoms with Crippen LogP contribution in [0.1, 0.15) is 25.7 Å². The maximum atomic E-state index is 12.2. The van der Waals surface area contributed by atoms with Crippen LogP contribution in [0.15, 0.2) is 65.8 Å². The first-order valence-corrected chi connectivity index (χ1v) is 12.6. The van der Waals surface area contributed by atoms with Gasteiger partial charge in [-0.05, 0) is 49.2 Å². The molecule has 0 bridgehead atoms. The van der Waals surface area contributed by atoms with Gasteiger partial charge in [-0.15, -0.1) is 20.5 Å². The van der Waals surface area contributed by atoms with Gasteiger partial charge in [0.15, 0.2) is 11.4 Å². The third-order valence-corrected chi connectivity index (χ3v) is 6.75. The third-order valence-electron chi connectivity index (χ3n) is 5.76. The number of azo groups is 2. The highest BCUT2D eigenvalue weighted by molar-refractivity contribution is 9.10. The van der Waals surface area contributed by atoms with Gasteiger partial charge in [0, 0.05) is 46.7 Å². The number of rotatable bonds is 7. The Bertz CT molecular complexity index is 1440. The molecule has 0 saturated heterocycles. The highest BCUT2D eigenvalue weighted by atomic mass is 79.9. The molecule has 0 aliphatic rings. The van der Waals surface area contributed by atoms with Crippen LogP contribution in [0.4, 0.5) is 11.4 Å². The van der Waals surface area contributed by atoms with Crippen molar-refractivity contribution in [2.45, 2.75) is 25.7 Å². The molecule has 4 aromatic rings. The molecular formula is C24H22Br2N6O4. The third kappa shape index (κ3) is 5.24. The number of hydrogen-bond acceptors (Lipinski definition) is 6. The smallest absolute Gasteiger partial charge is 0.264 e. The SMILES string of the molecule is Cn1c(O)c(N=NC(=O)CCCCC(=O)N=Nc2c(O)n(C)c3ccc(Br)cc23)c2cc(Br)ccc21. The number of hydrogen-bond donors (Lipinski definition) is 2. The first-order valence-electron chi connectivity index (χ1n) is 11.0. The normalized spacial score (nSPS) is 12.0. The number of aromatic hydroxyl groups is 2. The summed E-state index contributed by atoms with van der Waals surface area (Å²) in [6.45, 7) is 0. The molecule has 2 aromatic heterocycles. The minimum Gasteiger partial charge on any atom is -0.493 e. The molecule has 0 spiro atoms. The van der Waals surface area contributed by atoms with Gasteiger partial charge >= 0.3 is 0 Å². The highest BCUT2D eigenvalue weighted by Gasteiger charge is 2.16. The second kappa shape index (κ2) is 10.7. The Morgan fingerprint density at radius 1 is 0.750 bits per heavy atom. The number of carbonyl (C=O) groups is 2. The molecule has 2 aromatic carbocycles. The standard InChI is InChI=1S/C24H22Br2N6O4/c1-31-17-9-7-13(25)11-15(17)21(23(31)35)29-27-19(33)5-3-4-6-20(34)28-30-22-16-12-14(26)8-10-18(16)32(2)24(22)36/h7-12,35-36H,3-6H2,1-2H3. The molecule has 4 rings (SSSR count). The molecule has 12 heteroatoms. The fraction of sp³-hybridized carbons (Fsp3) is 0.250. The number of amides is 2. The zero-order valence-corrected chi connectivity index (χ0v) is 22.6. The van der Waals surface area contributed by atoms with E-state index < -0.39 is 11.8 Å². The summed E-state index contributed by atoms with van der Waals surface area (Å²) in [5, 5.41) is 37.4. The molecule has 0 radical (unpaired) electrons. The van der Waals surface area contributed by atoms with Crippen LogP contribution in [0.3, 0.4) is 0 Å². The molecular weight excluding hydrogens is 596 g/mol. The Morgan fingerprint density at radius 3 is 1.53 bits per heavy atom. The number of aromatic nitrogens is 2. The van der Waals surface area contributed by atoms with Crippen LogP contribution in [0, 0.1) is 0 Å². The van der Waals surface area contributed by atoms with Crippen LogP contribution < -0.4 is 0 Å². The Labute approximate surface area is 222 Å². The quantitative estimate of drug-likeness (QED) is 0.169. The molecule has 0 aliphatic heterocycles. The van der Waals surface area contributed by atoms with Crippen molar-refractivity contribution in [3.63, 3.8) is 0 Å². The topological polar surface area (TPSA) is 134 Å². The summed E-state index contributed by atoms with van der Waals surface area (Å²) in [6.07, 6.45) is 1.03. The number of unbranched alkanes of at least 4 members (excludes halogenated alkanes) is 1. The lowest BCUT2D eigenvalue weighted by molar-refractivity contribution is -0.120. The minimum absolute atomic E-state index is 0.0832. The summed E-state index contributed by atoms with van der Waals surface area (Å²) in [6, 6.07) is 10.9. The molecule has 10 nitrogen and oxygen atoms in total. The van der Waals surface area contributed by atoms with E-state index in [0.717, 1.165) is 20.0 Å². The van der Waals surface area contributed by atoms with E-state index in [0.29, 0.717) is 23.6 Å². The van der Waals surface area contributed by atoms with E-state index >= 15 is 0 Å². The van der Waals surface area contributed by atoms with Crippen molar-refractivity contribution in [2.24, 2.45) is 34.6 Å². The van der Waals surface area contributed by atoms with Crippen molar-refractivity contribution in [1.82, 2.24) is 9.13 Å². The van der Waals surface area contributed by atoms with E-state index in [1.165, 1.54) is 0 Å². The molecule has 0 aliphatic carbocycles. The minimum atomic E-state index is -0.457. The molecule has 0 unspecified atom stereocenters. The van der Waals surface area contributed by atoms with E-state index in [9.17, 15) is 19.8 Å². The summed E-state index contributed by atoms with van der Waals surface area (Å²) in [7, 11) is 3.39. The van der Waals surface area contributed by atoms with Gasteiger partial charge in [-0.25, -0.2) is 0 Å². The summed E-state index contributed by atoms with van der Waals surface area (Å²) in [5.74, 6) is -1.08. The van der Waals surface area contributed by atoms with Crippen molar-refractivity contribution in [3.8, 4) is 11.8 Å². The number of halogens is 2. The number of benzene rings is 2. The molecule has 0 saturated carbocycles. The van der Waals surface area contributed by atoms with Gasteiger partial charge in [0.25, 0.3) is 11.8 Å². The molecule has 2 amide bonds. The van der Waals surface area contributed by atoms with Gasteiger partial charge in [0.1, 0.15) is 0 Å². The van der Waals surface area contributed by atoms with Crippen molar-refractivity contribution in [2.75, 3.05) is 0 Å². The fourth-order valence-electron chi connectivity index (χ4n) is 3.83. The van der Waals surface area contributed by atoms with Gasteiger partial charge in [-0.2, -0.15) is 0 Å². The van der Waals surface area contributed by atoms with E-state index in [1.807, 2.05) is 24.3 Å². The fourth-order valence-corrected chi connectivity index (χ4v) is 4.55. The summed E-state index contributed by atoms with van der Waals surface area (Å²) in [5.41, 5.74) is 1.96. The van der Waals surface area contributed by atoms with Crippen LogP contribution >= 0.6 is 31.9 Å². The van der Waals surface area contributed by atoms with Crippen molar-refractivity contribution in [1.29, 1.82) is 0 Å². The lowest BCUT2D eigenvalue weighted by atomic mass is 10.2. The van der Waals surface area contributed by atoms with Crippen LogP contribution in [-0.4, -0.2) is 31.2 Å². The predicted molar refractivity (Wildman–Crippen MR) is 142 cm³/mol.